The van der Waals surface area contributed by atoms with Crippen molar-refractivity contribution in [3.63, 3.8) is 0 Å². The van der Waals surface area contributed by atoms with Gasteiger partial charge in [0.05, 0.1) is 12.7 Å². The molecule has 4 nitrogen and oxygen atoms in total. The second-order valence-corrected chi connectivity index (χ2v) is 5.15. The number of carbonyl (C=O) groups is 1. The molecule has 2 unspecified atom stereocenters. The fourth-order valence-corrected chi connectivity index (χ4v) is 2.36. The van der Waals surface area contributed by atoms with Crippen LogP contribution in [0.15, 0.2) is 24.3 Å². The Morgan fingerprint density at radius 3 is 2.84 bits per heavy atom. The van der Waals surface area contributed by atoms with Crippen molar-refractivity contribution in [3.05, 3.63) is 29.8 Å². The highest BCUT2D eigenvalue weighted by Gasteiger charge is 2.21. The standard InChI is InChI=1S/C15H22N2O2/c1-11-15(19-9-8-17-11)7-6-14(18)10-12-2-4-13(16)5-3-12/h2-5,11,15,17H,6-10,16H2,1H3. The van der Waals surface area contributed by atoms with Gasteiger partial charge in [-0.15, -0.1) is 0 Å². The van der Waals surface area contributed by atoms with Gasteiger partial charge in [-0.3, -0.25) is 4.79 Å². The van der Waals surface area contributed by atoms with E-state index in [1.165, 1.54) is 0 Å². The van der Waals surface area contributed by atoms with Crippen LogP contribution in [-0.2, 0) is 16.0 Å². The maximum absolute atomic E-state index is 11.9. The number of Topliss-reactive ketones (excluding diaryl/α,β-unsaturated/α-hetero) is 1. The molecule has 0 spiro atoms. The highest BCUT2D eigenvalue weighted by atomic mass is 16.5. The van der Waals surface area contributed by atoms with Crippen molar-refractivity contribution in [1.82, 2.24) is 5.32 Å². The number of ether oxygens (including phenoxy) is 1. The predicted octanol–water partition coefficient (Wildman–Crippen LogP) is 1.54. The predicted molar refractivity (Wildman–Crippen MR) is 76.0 cm³/mol. The maximum Gasteiger partial charge on any atom is 0.137 e. The van der Waals surface area contributed by atoms with Gasteiger partial charge in [-0.2, -0.15) is 0 Å². The molecule has 0 saturated carbocycles. The Hall–Kier alpha value is -1.39. The van der Waals surface area contributed by atoms with Crippen LogP contribution in [0.1, 0.15) is 25.3 Å². The molecule has 1 aromatic rings. The molecule has 1 fully saturated rings. The summed E-state index contributed by atoms with van der Waals surface area (Å²) in [6, 6.07) is 7.82. The fourth-order valence-electron chi connectivity index (χ4n) is 2.36. The summed E-state index contributed by atoms with van der Waals surface area (Å²) in [6.07, 6.45) is 2.00. The van der Waals surface area contributed by atoms with E-state index in [1.54, 1.807) is 0 Å². The lowest BCUT2D eigenvalue weighted by Crippen LogP contribution is -2.46. The lowest BCUT2D eigenvalue weighted by molar-refractivity contribution is -0.119. The van der Waals surface area contributed by atoms with Crippen LogP contribution >= 0.6 is 0 Å². The topological polar surface area (TPSA) is 64.3 Å². The SMILES string of the molecule is CC1NCCOC1CCC(=O)Cc1ccc(N)cc1. The number of hydrogen-bond donors (Lipinski definition) is 2. The average Bonchev–Trinajstić information content (AvgIpc) is 2.40. The molecule has 104 valence electrons. The summed E-state index contributed by atoms with van der Waals surface area (Å²) < 4.78 is 5.68. The zero-order valence-electron chi connectivity index (χ0n) is 11.4. The highest BCUT2D eigenvalue weighted by molar-refractivity contribution is 5.80. The van der Waals surface area contributed by atoms with Crippen LogP contribution in [0.3, 0.4) is 0 Å². The van der Waals surface area contributed by atoms with Crippen LogP contribution in [0, 0.1) is 0 Å². The van der Waals surface area contributed by atoms with E-state index in [-0.39, 0.29) is 11.9 Å². The molecule has 1 aliphatic heterocycles. The molecular weight excluding hydrogens is 240 g/mol. The van der Waals surface area contributed by atoms with Crippen LogP contribution in [-0.4, -0.2) is 31.1 Å². The van der Waals surface area contributed by atoms with Crippen molar-refractivity contribution in [1.29, 1.82) is 0 Å². The van der Waals surface area contributed by atoms with Crippen molar-refractivity contribution < 1.29 is 9.53 Å². The molecule has 4 heteroatoms. The Morgan fingerprint density at radius 1 is 1.42 bits per heavy atom. The summed E-state index contributed by atoms with van der Waals surface area (Å²) in [7, 11) is 0. The zero-order chi connectivity index (χ0) is 13.7. The number of anilines is 1. The van der Waals surface area contributed by atoms with Crippen molar-refractivity contribution in [2.24, 2.45) is 0 Å². The number of carbonyl (C=O) groups excluding carboxylic acids is 1. The van der Waals surface area contributed by atoms with Gasteiger partial charge in [0, 0.05) is 31.1 Å². The van der Waals surface area contributed by atoms with Crippen LogP contribution in [0.4, 0.5) is 5.69 Å². The van der Waals surface area contributed by atoms with Crippen molar-refractivity contribution >= 4 is 11.5 Å². The number of hydrogen-bond acceptors (Lipinski definition) is 4. The third kappa shape index (κ3) is 4.33. The number of benzene rings is 1. The fraction of sp³-hybridized carbons (Fsp3) is 0.533. The van der Waals surface area contributed by atoms with Gasteiger partial charge >= 0.3 is 0 Å². The molecule has 0 radical (unpaired) electrons. The summed E-state index contributed by atoms with van der Waals surface area (Å²) >= 11 is 0. The second kappa shape index (κ2) is 6.68. The van der Waals surface area contributed by atoms with E-state index in [1.807, 2.05) is 24.3 Å². The summed E-state index contributed by atoms with van der Waals surface area (Å²) in [5.74, 6) is 0.256. The van der Waals surface area contributed by atoms with Crippen LogP contribution < -0.4 is 11.1 Å². The van der Waals surface area contributed by atoms with Gasteiger partial charge in [0.2, 0.25) is 0 Å². The Labute approximate surface area is 114 Å². The molecule has 1 heterocycles. The number of nitrogen functional groups attached to an aromatic ring is 1. The Balaban J connectivity index is 1.76. The summed E-state index contributed by atoms with van der Waals surface area (Å²) in [6.45, 7) is 3.74. The van der Waals surface area contributed by atoms with Crippen molar-refractivity contribution in [3.8, 4) is 0 Å². The van der Waals surface area contributed by atoms with Gasteiger partial charge in [0.1, 0.15) is 5.78 Å². The van der Waals surface area contributed by atoms with Gasteiger partial charge in [0.15, 0.2) is 0 Å². The third-order valence-corrected chi connectivity index (χ3v) is 3.55. The summed E-state index contributed by atoms with van der Waals surface area (Å²) in [4.78, 5) is 11.9. The number of nitrogens with two attached hydrogens (primary N) is 1. The Kier molecular flexibility index (Phi) is 4.93. The molecule has 2 rings (SSSR count). The molecule has 0 bridgehead atoms. The number of morpholine rings is 1. The molecule has 1 aromatic carbocycles. The second-order valence-electron chi connectivity index (χ2n) is 5.15. The van der Waals surface area contributed by atoms with Gasteiger partial charge in [-0.1, -0.05) is 12.1 Å². The van der Waals surface area contributed by atoms with Crippen LogP contribution in [0.25, 0.3) is 0 Å². The Morgan fingerprint density at radius 2 is 2.16 bits per heavy atom. The van der Waals surface area contributed by atoms with E-state index in [9.17, 15) is 4.79 Å². The maximum atomic E-state index is 11.9. The van der Waals surface area contributed by atoms with E-state index in [4.69, 9.17) is 10.5 Å². The minimum Gasteiger partial charge on any atom is -0.399 e. The normalized spacial score (nSPS) is 23.2. The first-order valence-electron chi connectivity index (χ1n) is 6.86. The molecular formula is C15H22N2O2. The molecule has 1 saturated heterocycles. The monoisotopic (exact) mass is 262 g/mol. The highest BCUT2D eigenvalue weighted by Crippen LogP contribution is 2.13. The summed E-state index contributed by atoms with van der Waals surface area (Å²) in [5, 5.41) is 3.36. The largest absolute Gasteiger partial charge is 0.399 e. The average molecular weight is 262 g/mol. The molecule has 19 heavy (non-hydrogen) atoms. The summed E-state index contributed by atoms with van der Waals surface area (Å²) in [5.41, 5.74) is 7.37. The molecule has 1 aliphatic rings. The minimum atomic E-state index is 0.157. The number of ketones is 1. The van der Waals surface area contributed by atoms with E-state index >= 15 is 0 Å². The quantitative estimate of drug-likeness (QED) is 0.790. The van der Waals surface area contributed by atoms with Crippen LogP contribution in [0.5, 0.6) is 0 Å². The molecule has 0 aliphatic carbocycles. The first-order chi connectivity index (χ1) is 9.15. The molecule has 0 amide bonds. The Bertz CT molecular complexity index is 417. The smallest absolute Gasteiger partial charge is 0.137 e. The van der Waals surface area contributed by atoms with Crippen LogP contribution in [0.2, 0.25) is 0 Å². The van der Waals surface area contributed by atoms with Gasteiger partial charge < -0.3 is 15.8 Å². The van der Waals surface area contributed by atoms with Gasteiger partial charge in [0.25, 0.3) is 0 Å². The zero-order valence-corrected chi connectivity index (χ0v) is 11.4. The lowest BCUT2D eigenvalue weighted by atomic mass is 10.0. The third-order valence-electron chi connectivity index (χ3n) is 3.55. The molecule has 2 atom stereocenters. The van der Waals surface area contributed by atoms with Gasteiger partial charge in [-0.05, 0) is 31.0 Å². The van der Waals surface area contributed by atoms with Gasteiger partial charge in [-0.25, -0.2) is 0 Å². The van der Waals surface area contributed by atoms with E-state index < -0.39 is 0 Å². The molecule has 0 aromatic heterocycles. The van der Waals surface area contributed by atoms with E-state index in [0.717, 1.165) is 30.8 Å². The van der Waals surface area contributed by atoms with Crippen molar-refractivity contribution in [2.45, 2.75) is 38.3 Å². The first kappa shape index (κ1) is 14.0. The minimum absolute atomic E-state index is 0.157. The van der Waals surface area contributed by atoms with E-state index in [0.29, 0.717) is 18.9 Å². The number of nitrogens with one attached hydrogen (secondary N) is 1. The molecule has 3 N–H and O–H groups in total. The van der Waals surface area contributed by atoms with Crippen molar-refractivity contribution in [2.75, 3.05) is 18.9 Å². The lowest BCUT2D eigenvalue weighted by Gasteiger charge is -2.30. The number of rotatable bonds is 5. The van der Waals surface area contributed by atoms with E-state index in [2.05, 4.69) is 12.2 Å². The first-order valence-corrected chi connectivity index (χ1v) is 6.86.